The number of aromatic nitrogens is 6. The second-order valence-electron chi connectivity index (χ2n) is 8.53. The summed E-state index contributed by atoms with van der Waals surface area (Å²) in [5.41, 5.74) is 10.4. The molecule has 1 aromatic carbocycles. The summed E-state index contributed by atoms with van der Waals surface area (Å²) in [6.45, 7) is 0.378. The summed E-state index contributed by atoms with van der Waals surface area (Å²) in [5.74, 6) is -1.13. The number of nitrogens with zero attached hydrogens (tertiary/aromatic N) is 7. The number of nitrogens with two attached hydrogens (primary N) is 1. The Morgan fingerprint density at radius 2 is 1.91 bits per heavy atom. The van der Waals surface area contributed by atoms with Crippen LogP contribution in [0.1, 0.15) is 42.1 Å². The van der Waals surface area contributed by atoms with Crippen molar-refractivity contribution in [2.24, 2.45) is 5.92 Å². The summed E-state index contributed by atoms with van der Waals surface area (Å²) >= 11 is 0. The number of hydrogen-bond acceptors (Lipinski definition) is 8. The summed E-state index contributed by atoms with van der Waals surface area (Å²) in [7, 11) is 0. The van der Waals surface area contributed by atoms with Crippen molar-refractivity contribution in [3.63, 3.8) is 0 Å². The topological polar surface area (TPSA) is 156 Å². The van der Waals surface area contributed by atoms with Gasteiger partial charge in [-0.2, -0.15) is 5.26 Å². The molecule has 0 bridgehead atoms. The van der Waals surface area contributed by atoms with Crippen LogP contribution in [0, 0.1) is 17.2 Å². The average molecular weight is 467 g/mol. The van der Waals surface area contributed by atoms with Crippen molar-refractivity contribution in [3.05, 3.63) is 71.7 Å². The van der Waals surface area contributed by atoms with Crippen LogP contribution in [0.15, 0.2) is 54.7 Å². The predicted molar refractivity (Wildman–Crippen MR) is 127 cm³/mol. The normalized spacial score (nSPS) is 17.2. The fraction of sp³-hybridized carbons (Fsp3) is 0.240. The van der Waals surface area contributed by atoms with Crippen molar-refractivity contribution in [1.29, 1.82) is 5.26 Å². The number of nitriles is 1. The Balaban J connectivity index is 1.38. The molecule has 174 valence electrons. The van der Waals surface area contributed by atoms with E-state index >= 15 is 0 Å². The van der Waals surface area contributed by atoms with Crippen LogP contribution in [-0.2, 0) is 11.3 Å². The Hall–Kier alpha value is -4.65. The maximum absolute atomic E-state index is 11.6. The summed E-state index contributed by atoms with van der Waals surface area (Å²) < 4.78 is 1.65. The summed E-state index contributed by atoms with van der Waals surface area (Å²) in [6.07, 6.45) is 4.16. The largest absolute Gasteiger partial charge is 0.481 e. The number of carboxylic acid groups (broad SMARTS) is 1. The average Bonchev–Trinajstić information content (AvgIpc) is 3.54. The number of rotatable bonds is 6. The van der Waals surface area contributed by atoms with Gasteiger partial charge in [-0.05, 0) is 43.2 Å². The molecule has 5 rings (SSSR count). The van der Waals surface area contributed by atoms with E-state index in [4.69, 9.17) is 10.7 Å². The van der Waals surface area contributed by atoms with Gasteiger partial charge in [-0.1, -0.05) is 29.8 Å². The first kappa shape index (κ1) is 22.2. The Kier molecular flexibility index (Phi) is 5.89. The first-order valence-corrected chi connectivity index (χ1v) is 11.2. The maximum atomic E-state index is 11.6. The van der Waals surface area contributed by atoms with E-state index in [1.165, 1.54) is 0 Å². The second kappa shape index (κ2) is 9.30. The molecule has 0 unspecified atom stereocenters. The molecule has 10 nitrogen and oxygen atoms in total. The molecule has 1 aliphatic rings. The zero-order chi connectivity index (χ0) is 24.4. The van der Waals surface area contributed by atoms with Crippen molar-refractivity contribution in [2.45, 2.75) is 31.7 Å². The highest BCUT2D eigenvalue weighted by Gasteiger charge is 2.34. The lowest BCUT2D eigenvalue weighted by atomic mass is 9.92. The van der Waals surface area contributed by atoms with Crippen LogP contribution in [0.2, 0.25) is 0 Å². The van der Waals surface area contributed by atoms with Crippen LogP contribution in [0.25, 0.3) is 22.6 Å². The van der Waals surface area contributed by atoms with Gasteiger partial charge in [0.25, 0.3) is 0 Å². The standard InChI is InChI=1S/C25H22N8O2/c26-12-15-4-1-5-16(10-15)21-11-22(30-25(27)29-21)23-14-33(32-31-23)13-17-6-2-9-20(28-17)18-7-3-8-19(18)24(34)35/h1-2,4-6,9-11,14,18-19H,3,7-8,13H2,(H,34,35)(H2,27,29,30)/t18-,19+/m0/s1. The molecule has 2 atom stereocenters. The van der Waals surface area contributed by atoms with Crippen molar-refractivity contribution < 1.29 is 9.90 Å². The van der Waals surface area contributed by atoms with Crippen molar-refractivity contribution in [1.82, 2.24) is 29.9 Å². The third-order valence-corrected chi connectivity index (χ3v) is 6.20. The highest BCUT2D eigenvalue weighted by molar-refractivity contribution is 5.71. The van der Waals surface area contributed by atoms with Crippen molar-refractivity contribution in [2.75, 3.05) is 5.73 Å². The molecule has 0 radical (unpaired) electrons. The number of benzene rings is 1. The molecule has 10 heteroatoms. The number of nitrogen functional groups attached to an aromatic ring is 1. The lowest BCUT2D eigenvalue weighted by Gasteiger charge is -2.15. The molecular weight excluding hydrogens is 444 g/mol. The number of aliphatic carboxylic acids is 1. The van der Waals surface area contributed by atoms with Gasteiger partial charge in [0.15, 0.2) is 0 Å². The molecule has 1 aliphatic carbocycles. The molecular formula is C25H22N8O2. The minimum Gasteiger partial charge on any atom is -0.481 e. The van der Waals surface area contributed by atoms with Crippen molar-refractivity contribution in [3.8, 4) is 28.7 Å². The minimum atomic E-state index is -0.761. The van der Waals surface area contributed by atoms with Gasteiger partial charge in [0, 0.05) is 17.2 Å². The van der Waals surface area contributed by atoms with Crippen LogP contribution >= 0.6 is 0 Å². The summed E-state index contributed by atoms with van der Waals surface area (Å²) in [5, 5.41) is 27.1. The highest BCUT2D eigenvalue weighted by Crippen LogP contribution is 2.39. The van der Waals surface area contributed by atoms with E-state index in [1.54, 1.807) is 35.1 Å². The van der Waals surface area contributed by atoms with E-state index < -0.39 is 5.97 Å². The minimum absolute atomic E-state index is 0.0688. The number of anilines is 1. The smallest absolute Gasteiger partial charge is 0.307 e. The van der Waals surface area contributed by atoms with E-state index in [0.717, 1.165) is 29.8 Å². The lowest BCUT2D eigenvalue weighted by molar-refractivity contribution is -0.142. The number of pyridine rings is 1. The maximum Gasteiger partial charge on any atom is 0.307 e. The molecule has 0 aliphatic heterocycles. The van der Waals surface area contributed by atoms with Gasteiger partial charge in [-0.15, -0.1) is 5.10 Å². The van der Waals surface area contributed by atoms with Gasteiger partial charge in [0.2, 0.25) is 5.95 Å². The van der Waals surface area contributed by atoms with E-state index in [0.29, 0.717) is 35.6 Å². The van der Waals surface area contributed by atoms with Gasteiger partial charge in [0.05, 0.1) is 47.4 Å². The monoisotopic (exact) mass is 466 g/mol. The van der Waals surface area contributed by atoms with Gasteiger partial charge in [-0.25, -0.2) is 14.6 Å². The fourth-order valence-corrected chi connectivity index (χ4v) is 4.55. The lowest BCUT2D eigenvalue weighted by Crippen LogP contribution is -2.18. The summed E-state index contributed by atoms with van der Waals surface area (Å²) in [4.78, 5) is 24.9. The number of hydrogen-bond donors (Lipinski definition) is 2. The van der Waals surface area contributed by atoms with Crippen LogP contribution in [0.3, 0.4) is 0 Å². The Morgan fingerprint density at radius 3 is 2.74 bits per heavy atom. The Morgan fingerprint density at radius 1 is 1.09 bits per heavy atom. The summed E-state index contributed by atoms with van der Waals surface area (Å²) in [6, 6.07) is 16.7. The molecule has 35 heavy (non-hydrogen) atoms. The van der Waals surface area contributed by atoms with Gasteiger partial charge in [-0.3, -0.25) is 9.78 Å². The van der Waals surface area contributed by atoms with Crippen LogP contribution < -0.4 is 5.73 Å². The quantitative estimate of drug-likeness (QED) is 0.435. The molecule has 1 saturated carbocycles. The van der Waals surface area contributed by atoms with Gasteiger partial charge in [0.1, 0.15) is 5.69 Å². The van der Waals surface area contributed by atoms with Gasteiger partial charge < -0.3 is 10.8 Å². The van der Waals surface area contributed by atoms with E-state index in [-0.39, 0.29) is 17.8 Å². The third kappa shape index (κ3) is 4.70. The second-order valence-corrected chi connectivity index (χ2v) is 8.53. The molecule has 3 N–H and O–H groups in total. The number of carbonyl (C=O) groups is 1. The molecule has 0 spiro atoms. The fourth-order valence-electron chi connectivity index (χ4n) is 4.55. The third-order valence-electron chi connectivity index (χ3n) is 6.20. The molecule has 0 amide bonds. The molecule has 3 aromatic heterocycles. The molecule has 0 saturated heterocycles. The molecule has 3 heterocycles. The molecule has 1 fully saturated rings. The molecule has 4 aromatic rings. The number of carboxylic acids is 1. The van der Waals surface area contributed by atoms with Crippen LogP contribution in [0.4, 0.5) is 5.95 Å². The van der Waals surface area contributed by atoms with Gasteiger partial charge >= 0.3 is 5.97 Å². The first-order chi connectivity index (χ1) is 17.0. The Bertz CT molecular complexity index is 1440. The van der Waals surface area contributed by atoms with E-state index in [1.807, 2.05) is 24.3 Å². The van der Waals surface area contributed by atoms with E-state index in [2.05, 4.69) is 26.3 Å². The zero-order valence-corrected chi connectivity index (χ0v) is 18.7. The first-order valence-electron chi connectivity index (χ1n) is 11.2. The van der Waals surface area contributed by atoms with Crippen LogP contribution in [0.5, 0.6) is 0 Å². The predicted octanol–water partition coefficient (Wildman–Crippen LogP) is 3.27. The SMILES string of the molecule is N#Cc1cccc(-c2cc(-c3cn(Cc4cccc([C@H]5CCC[C@H]5C(=O)O)n4)nn3)nc(N)n2)c1. The van der Waals surface area contributed by atoms with E-state index in [9.17, 15) is 15.2 Å². The Labute approximate surface area is 201 Å². The zero-order valence-electron chi connectivity index (χ0n) is 18.7. The van der Waals surface area contributed by atoms with Crippen LogP contribution in [-0.4, -0.2) is 41.0 Å². The highest BCUT2D eigenvalue weighted by atomic mass is 16.4. The van der Waals surface area contributed by atoms with Crippen molar-refractivity contribution >= 4 is 11.9 Å².